The van der Waals surface area contributed by atoms with Crippen LogP contribution in [0.3, 0.4) is 0 Å². The third kappa shape index (κ3) is 12.4. The molecule has 5 amide bonds. The first-order valence-corrected chi connectivity index (χ1v) is 8.97. The number of carbonyl (C=O) groups is 7. The van der Waals surface area contributed by atoms with E-state index >= 15 is 0 Å². The monoisotopic (exact) mass is 446 g/mol. The van der Waals surface area contributed by atoms with Gasteiger partial charge in [0.15, 0.2) is 0 Å². The Hall–Kier alpha value is -3.75. The van der Waals surface area contributed by atoms with Gasteiger partial charge in [0.2, 0.25) is 29.5 Å². The van der Waals surface area contributed by atoms with Gasteiger partial charge in [0.1, 0.15) is 12.1 Å². The van der Waals surface area contributed by atoms with Crippen LogP contribution in [-0.2, 0) is 33.6 Å². The van der Waals surface area contributed by atoms with Crippen LogP contribution in [0.5, 0.6) is 0 Å². The van der Waals surface area contributed by atoms with Crippen LogP contribution in [-0.4, -0.2) is 76.4 Å². The molecule has 0 aliphatic rings. The molecule has 0 saturated carbocycles. The summed E-state index contributed by atoms with van der Waals surface area (Å²) in [6.07, 6.45) is -1.83. The number of aliphatic carboxylic acids is 2. The Morgan fingerprint density at radius 2 is 1.29 bits per heavy atom. The molecule has 0 aromatic heterocycles. The highest BCUT2D eigenvalue weighted by molar-refractivity contribution is 5.93. The fourth-order valence-corrected chi connectivity index (χ4v) is 2.19. The Morgan fingerprint density at radius 1 is 0.774 bits per heavy atom. The molecule has 0 aliphatic heterocycles. The summed E-state index contributed by atoms with van der Waals surface area (Å²) in [6.45, 7) is -0.691. The normalized spacial score (nSPS) is 13.2. The van der Waals surface area contributed by atoms with Crippen LogP contribution in [0.4, 0.5) is 0 Å². The summed E-state index contributed by atoms with van der Waals surface area (Å²) >= 11 is 0. The SMILES string of the molecule is NC(=O)CCC(NC(=O)CNC(=O)C(CCC(N)=O)NC(=O)C(N)CC(=O)O)C(=O)O. The van der Waals surface area contributed by atoms with Gasteiger partial charge in [-0.2, -0.15) is 0 Å². The quantitative estimate of drug-likeness (QED) is 0.119. The number of carboxylic acids is 2. The standard InChI is InChI=1S/C16H26N6O9/c17-7(5-13(26)27)14(28)22-8(1-3-10(18)23)15(29)20-6-12(25)21-9(16(30)31)2-4-11(19)24/h7-9H,1-6,17H2,(H2,18,23)(H2,19,24)(H,20,29)(H,21,25)(H,22,28)(H,26,27)(H,30,31). The summed E-state index contributed by atoms with van der Waals surface area (Å²) in [7, 11) is 0. The van der Waals surface area contributed by atoms with Gasteiger partial charge < -0.3 is 43.4 Å². The summed E-state index contributed by atoms with van der Waals surface area (Å²) in [5.74, 6) is -7.11. The van der Waals surface area contributed by atoms with E-state index in [1.54, 1.807) is 0 Å². The molecule has 11 N–H and O–H groups in total. The maximum atomic E-state index is 12.3. The molecule has 0 aromatic rings. The molecular formula is C16H26N6O9. The summed E-state index contributed by atoms with van der Waals surface area (Å²) in [5, 5.41) is 24.1. The lowest BCUT2D eigenvalue weighted by molar-refractivity contribution is -0.142. The summed E-state index contributed by atoms with van der Waals surface area (Å²) < 4.78 is 0. The fourth-order valence-electron chi connectivity index (χ4n) is 2.19. The minimum atomic E-state index is -1.47. The number of hydrogen-bond donors (Lipinski definition) is 8. The van der Waals surface area contributed by atoms with Gasteiger partial charge in [-0.15, -0.1) is 0 Å². The molecule has 3 atom stereocenters. The minimum Gasteiger partial charge on any atom is -0.481 e. The summed E-state index contributed by atoms with van der Waals surface area (Å²) in [5.41, 5.74) is 15.4. The molecule has 174 valence electrons. The maximum Gasteiger partial charge on any atom is 0.326 e. The number of carboxylic acid groups (broad SMARTS) is 2. The Kier molecular flexibility index (Phi) is 11.8. The minimum absolute atomic E-state index is 0.259. The molecule has 31 heavy (non-hydrogen) atoms. The molecule has 0 rings (SSSR count). The molecule has 0 saturated heterocycles. The number of amides is 5. The number of nitrogens with two attached hydrogens (primary N) is 3. The Labute approximate surface area is 176 Å². The van der Waals surface area contributed by atoms with Crippen LogP contribution in [0.25, 0.3) is 0 Å². The molecule has 0 bridgehead atoms. The van der Waals surface area contributed by atoms with Crippen LogP contribution in [0, 0.1) is 0 Å². The zero-order chi connectivity index (χ0) is 24.1. The van der Waals surface area contributed by atoms with Crippen molar-refractivity contribution in [3.05, 3.63) is 0 Å². The van der Waals surface area contributed by atoms with E-state index in [1.807, 2.05) is 0 Å². The molecule has 0 spiro atoms. The number of rotatable bonds is 15. The summed E-state index contributed by atoms with van der Waals surface area (Å²) in [6, 6.07) is -4.25. The number of primary amides is 2. The van der Waals surface area contributed by atoms with E-state index in [-0.39, 0.29) is 25.7 Å². The number of hydrogen-bond acceptors (Lipinski definition) is 8. The maximum absolute atomic E-state index is 12.3. The largest absolute Gasteiger partial charge is 0.481 e. The van der Waals surface area contributed by atoms with E-state index in [4.69, 9.17) is 27.4 Å². The Morgan fingerprint density at radius 3 is 1.74 bits per heavy atom. The molecule has 15 heteroatoms. The molecule has 0 aromatic carbocycles. The molecule has 0 fully saturated rings. The molecule has 0 radical (unpaired) electrons. The van der Waals surface area contributed by atoms with E-state index in [0.29, 0.717) is 0 Å². The van der Waals surface area contributed by atoms with E-state index in [1.165, 1.54) is 0 Å². The Bertz CT molecular complexity index is 726. The van der Waals surface area contributed by atoms with Crippen molar-refractivity contribution in [2.45, 2.75) is 50.2 Å². The lowest BCUT2D eigenvalue weighted by Gasteiger charge is -2.20. The average molecular weight is 446 g/mol. The van der Waals surface area contributed by atoms with Gasteiger partial charge in [0.25, 0.3) is 0 Å². The van der Waals surface area contributed by atoms with Crippen molar-refractivity contribution >= 4 is 41.5 Å². The molecule has 15 nitrogen and oxygen atoms in total. The van der Waals surface area contributed by atoms with Crippen LogP contribution in [0.15, 0.2) is 0 Å². The van der Waals surface area contributed by atoms with Crippen molar-refractivity contribution in [2.75, 3.05) is 6.54 Å². The van der Waals surface area contributed by atoms with Crippen molar-refractivity contribution in [1.82, 2.24) is 16.0 Å². The second-order valence-electron chi connectivity index (χ2n) is 6.45. The van der Waals surface area contributed by atoms with Crippen molar-refractivity contribution in [1.29, 1.82) is 0 Å². The highest BCUT2D eigenvalue weighted by atomic mass is 16.4. The third-order valence-electron chi connectivity index (χ3n) is 3.78. The molecule has 3 unspecified atom stereocenters. The van der Waals surface area contributed by atoms with Crippen LogP contribution in [0.2, 0.25) is 0 Å². The third-order valence-corrected chi connectivity index (χ3v) is 3.78. The highest BCUT2D eigenvalue weighted by Crippen LogP contribution is 2.00. The van der Waals surface area contributed by atoms with Gasteiger partial charge >= 0.3 is 11.9 Å². The van der Waals surface area contributed by atoms with Crippen LogP contribution >= 0.6 is 0 Å². The van der Waals surface area contributed by atoms with Crippen molar-refractivity contribution in [2.24, 2.45) is 17.2 Å². The highest BCUT2D eigenvalue weighted by Gasteiger charge is 2.26. The van der Waals surface area contributed by atoms with Crippen molar-refractivity contribution in [3.8, 4) is 0 Å². The fraction of sp³-hybridized carbons (Fsp3) is 0.562. The zero-order valence-corrected chi connectivity index (χ0v) is 16.5. The van der Waals surface area contributed by atoms with Gasteiger partial charge in [-0.1, -0.05) is 0 Å². The van der Waals surface area contributed by atoms with Gasteiger partial charge in [-0.05, 0) is 12.8 Å². The van der Waals surface area contributed by atoms with Gasteiger partial charge in [-0.3, -0.25) is 28.8 Å². The van der Waals surface area contributed by atoms with E-state index in [9.17, 15) is 33.6 Å². The molecular weight excluding hydrogens is 420 g/mol. The van der Waals surface area contributed by atoms with E-state index < -0.39 is 72.6 Å². The van der Waals surface area contributed by atoms with Gasteiger partial charge in [-0.25, -0.2) is 4.79 Å². The lowest BCUT2D eigenvalue weighted by atomic mass is 10.1. The predicted molar refractivity (Wildman–Crippen MR) is 102 cm³/mol. The first-order valence-electron chi connectivity index (χ1n) is 8.97. The van der Waals surface area contributed by atoms with E-state index in [2.05, 4.69) is 16.0 Å². The first-order chi connectivity index (χ1) is 14.3. The van der Waals surface area contributed by atoms with Gasteiger partial charge in [0, 0.05) is 12.8 Å². The predicted octanol–water partition coefficient (Wildman–Crippen LogP) is -4.51. The smallest absolute Gasteiger partial charge is 0.326 e. The topological polar surface area (TPSA) is 274 Å². The van der Waals surface area contributed by atoms with Crippen LogP contribution in [0.1, 0.15) is 32.1 Å². The van der Waals surface area contributed by atoms with Crippen molar-refractivity contribution < 1.29 is 43.8 Å². The number of nitrogens with one attached hydrogen (secondary N) is 3. The second kappa shape index (κ2) is 13.5. The molecule has 0 aliphatic carbocycles. The lowest BCUT2D eigenvalue weighted by Crippen LogP contribution is -2.54. The van der Waals surface area contributed by atoms with Crippen LogP contribution < -0.4 is 33.2 Å². The summed E-state index contributed by atoms with van der Waals surface area (Å²) in [4.78, 5) is 79.6. The van der Waals surface area contributed by atoms with Crippen molar-refractivity contribution in [3.63, 3.8) is 0 Å². The second-order valence-corrected chi connectivity index (χ2v) is 6.45. The number of carbonyl (C=O) groups excluding carboxylic acids is 5. The Balaban J connectivity index is 4.92. The average Bonchev–Trinajstić information content (AvgIpc) is 2.64. The first kappa shape index (κ1) is 27.2. The van der Waals surface area contributed by atoms with E-state index in [0.717, 1.165) is 0 Å². The zero-order valence-electron chi connectivity index (χ0n) is 16.5. The molecule has 0 heterocycles. The van der Waals surface area contributed by atoms with Gasteiger partial charge in [0.05, 0.1) is 19.0 Å².